The van der Waals surface area contributed by atoms with Gasteiger partial charge in [-0.1, -0.05) is 25.0 Å². The Labute approximate surface area is 167 Å². The molecular weight excluding hydrogens is 352 g/mol. The third-order valence-electron chi connectivity index (χ3n) is 6.24. The van der Waals surface area contributed by atoms with Crippen LogP contribution in [0.15, 0.2) is 24.3 Å². The molecule has 152 valence electrons. The molecule has 1 aromatic heterocycles. The minimum atomic E-state index is 0.0639. The lowest BCUT2D eigenvalue weighted by molar-refractivity contribution is 0.0766. The molecule has 2 heterocycles. The summed E-state index contributed by atoms with van der Waals surface area (Å²) < 4.78 is 7.31. The Morgan fingerprint density at radius 3 is 2.29 bits per heavy atom. The number of aromatic nitrogens is 4. The zero-order valence-corrected chi connectivity index (χ0v) is 17.3. The van der Waals surface area contributed by atoms with Crippen LogP contribution in [-0.2, 0) is 0 Å². The SMILES string of the molecule is COc1ccc(C(c2nnnn2C(C)C)N2CCN(C3CCCC3)CC2)cc1. The monoisotopic (exact) mass is 384 g/mol. The fraction of sp³-hybridized carbons (Fsp3) is 0.667. The molecule has 0 spiro atoms. The summed E-state index contributed by atoms with van der Waals surface area (Å²) in [5.41, 5.74) is 1.21. The standard InChI is InChI=1S/C21H32N6O/c1-16(2)27-21(22-23-24-27)20(17-8-10-19(28-3)11-9-17)26-14-12-25(13-15-26)18-6-4-5-7-18/h8-11,16,18,20H,4-7,12-15H2,1-3H3. The van der Waals surface area contributed by atoms with Gasteiger partial charge in [-0.3, -0.25) is 9.80 Å². The Bertz CT molecular complexity index is 745. The highest BCUT2D eigenvalue weighted by atomic mass is 16.5. The van der Waals surface area contributed by atoms with Crippen molar-refractivity contribution in [2.24, 2.45) is 0 Å². The van der Waals surface area contributed by atoms with Crippen LogP contribution in [0.1, 0.15) is 63.0 Å². The molecule has 1 atom stereocenters. The van der Waals surface area contributed by atoms with E-state index in [0.29, 0.717) is 0 Å². The van der Waals surface area contributed by atoms with Crippen molar-refractivity contribution in [2.45, 2.75) is 57.7 Å². The third kappa shape index (κ3) is 3.91. The molecule has 1 aromatic carbocycles. The van der Waals surface area contributed by atoms with Gasteiger partial charge in [-0.15, -0.1) is 5.10 Å². The van der Waals surface area contributed by atoms with Crippen molar-refractivity contribution >= 4 is 0 Å². The first-order valence-corrected chi connectivity index (χ1v) is 10.6. The summed E-state index contributed by atoms with van der Waals surface area (Å²) in [7, 11) is 1.70. The maximum Gasteiger partial charge on any atom is 0.173 e. The summed E-state index contributed by atoms with van der Waals surface area (Å²) >= 11 is 0. The van der Waals surface area contributed by atoms with Gasteiger partial charge in [0.1, 0.15) is 5.75 Å². The quantitative estimate of drug-likeness (QED) is 0.763. The fourth-order valence-corrected chi connectivity index (χ4v) is 4.69. The van der Waals surface area contributed by atoms with Crippen molar-refractivity contribution in [1.82, 2.24) is 30.0 Å². The van der Waals surface area contributed by atoms with Gasteiger partial charge in [-0.2, -0.15) is 0 Å². The van der Waals surface area contributed by atoms with Gasteiger partial charge in [0.25, 0.3) is 0 Å². The molecule has 0 radical (unpaired) electrons. The zero-order valence-electron chi connectivity index (χ0n) is 17.3. The molecule has 7 heteroatoms. The second-order valence-corrected chi connectivity index (χ2v) is 8.26. The van der Waals surface area contributed by atoms with E-state index >= 15 is 0 Å². The van der Waals surface area contributed by atoms with Crippen LogP contribution >= 0.6 is 0 Å². The van der Waals surface area contributed by atoms with Crippen LogP contribution in [-0.4, -0.2) is 69.3 Å². The Kier molecular flexibility index (Phi) is 5.92. The summed E-state index contributed by atoms with van der Waals surface area (Å²) in [5, 5.41) is 12.7. The Morgan fingerprint density at radius 2 is 1.68 bits per heavy atom. The van der Waals surface area contributed by atoms with E-state index in [0.717, 1.165) is 43.8 Å². The number of piperazine rings is 1. The predicted octanol–water partition coefficient (Wildman–Crippen LogP) is 2.91. The van der Waals surface area contributed by atoms with Crippen molar-refractivity contribution in [3.63, 3.8) is 0 Å². The lowest BCUT2D eigenvalue weighted by atomic mass is 10.0. The van der Waals surface area contributed by atoms with E-state index in [4.69, 9.17) is 4.74 Å². The molecule has 0 amide bonds. The van der Waals surface area contributed by atoms with Crippen LogP contribution in [0, 0.1) is 0 Å². The number of hydrogen-bond acceptors (Lipinski definition) is 6. The molecule has 1 aliphatic heterocycles. The van der Waals surface area contributed by atoms with E-state index in [9.17, 15) is 0 Å². The maximum atomic E-state index is 5.35. The van der Waals surface area contributed by atoms with E-state index in [1.807, 2.05) is 16.8 Å². The molecule has 4 rings (SSSR count). The predicted molar refractivity (Wildman–Crippen MR) is 108 cm³/mol. The van der Waals surface area contributed by atoms with Gasteiger partial charge < -0.3 is 4.74 Å². The normalized spacial score (nSPS) is 20.7. The molecule has 1 saturated heterocycles. The van der Waals surface area contributed by atoms with Crippen molar-refractivity contribution < 1.29 is 4.74 Å². The summed E-state index contributed by atoms with van der Waals surface area (Å²) in [6.07, 6.45) is 5.52. The van der Waals surface area contributed by atoms with Gasteiger partial charge in [-0.05, 0) is 54.8 Å². The first-order valence-electron chi connectivity index (χ1n) is 10.6. The molecular formula is C21H32N6O. The number of hydrogen-bond donors (Lipinski definition) is 0. The second-order valence-electron chi connectivity index (χ2n) is 8.26. The highest BCUT2D eigenvalue weighted by Crippen LogP contribution is 2.32. The van der Waals surface area contributed by atoms with Gasteiger partial charge >= 0.3 is 0 Å². The fourth-order valence-electron chi connectivity index (χ4n) is 4.69. The lowest BCUT2D eigenvalue weighted by Crippen LogP contribution is -2.51. The third-order valence-corrected chi connectivity index (χ3v) is 6.24. The van der Waals surface area contributed by atoms with E-state index in [2.05, 4.69) is 51.3 Å². The summed E-state index contributed by atoms with van der Waals surface area (Å²) in [5.74, 6) is 1.80. The van der Waals surface area contributed by atoms with E-state index in [1.54, 1.807) is 7.11 Å². The topological polar surface area (TPSA) is 59.3 Å². The largest absolute Gasteiger partial charge is 0.497 e. The summed E-state index contributed by atoms with van der Waals surface area (Å²) in [4.78, 5) is 5.23. The smallest absolute Gasteiger partial charge is 0.173 e. The van der Waals surface area contributed by atoms with Crippen LogP contribution in [0.5, 0.6) is 5.75 Å². The number of benzene rings is 1. The summed E-state index contributed by atoms with van der Waals surface area (Å²) in [6.45, 7) is 8.59. The van der Waals surface area contributed by atoms with Gasteiger partial charge in [0.05, 0.1) is 19.2 Å². The van der Waals surface area contributed by atoms with Crippen molar-refractivity contribution in [1.29, 1.82) is 0 Å². The van der Waals surface area contributed by atoms with Crippen LogP contribution in [0.3, 0.4) is 0 Å². The van der Waals surface area contributed by atoms with Gasteiger partial charge in [0.2, 0.25) is 0 Å². The molecule has 2 aliphatic rings. The molecule has 7 nitrogen and oxygen atoms in total. The maximum absolute atomic E-state index is 5.35. The molecule has 2 aromatic rings. The first kappa shape index (κ1) is 19.3. The first-order chi connectivity index (χ1) is 13.7. The highest BCUT2D eigenvalue weighted by molar-refractivity contribution is 5.32. The van der Waals surface area contributed by atoms with Crippen LogP contribution in [0.25, 0.3) is 0 Å². The number of tetrazole rings is 1. The number of rotatable bonds is 6. The molecule has 2 fully saturated rings. The van der Waals surface area contributed by atoms with Gasteiger partial charge in [0, 0.05) is 32.2 Å². The molecule has 0 N–H and O–H groups in total. The van der Waals surface area contributed by atoms with Crippen LogP contribution < -0.4 is 4.74 Å². The second kappa shape index (κ2) is 8.57. The molecule has 1 unspecified atom stereocenters. The van der Waals surface area contributed by atoms with Crippen molar-refractivity contribution in [2.75, 3.05) is 33.3 Å². The average molecular weight is 385 g/mol. The number of ether oxygens (including phenoxy) is 1. The zero-order chi connectivity index (χ0) is 19.5. The number of methoxy groups -OCH3 is 1. The Morgan fingerprint density at radius 1 is 1.00 bits per heavy atom. The van der Waals surface area contributed by atoms with Crippen molar-refractivity contribution in [3.05, 3.63) is 35.7 Å². The Hall–Kier alpha value is -1.99. The molecule has 1 saturated carbocycles. The van der Waals surface area contributed by atoms with Gasteiger partial charge in [-0.25, -0.2) is 4.68 Å². The Balaban J connectivity index is 1.58. The molecule has 28 heavy (non-hydrogen) atoms. The van der Waals surface area contributed by atoms with Crippen molar-refractivity contribution in [3.8, 4) is 5.75 Å². The van der Waals surface area contributed by atoms with E-state index in [-0.39, 0.29) is 12.1 Å². The van der Waals surface area contributed by atoms with Crippen LogP contribution in [0.2, 0.25) is 0 Å². The number of nitrogens with zero attached hydrogens (tertiary/aromatic N) is 6. The van der Waals surface area contributed by atoms with Crippen LogP contribution in [0.4, 0.5) is 0 Å². The molecule has 1 aliphatic carbocycles. The van der Waals surface area contributed by atoms with E-state index in [1.165, 1.54) is 31.2 Å². The highest BCUT2D eigenvalue weighted by Gasteiger charge is 2.33. The minimum Gasteiger partial charge on any atom is -0.497 e. The summed E-state index contributed by atoms with van der Waals surface area (Å²) in [6, 6.07) is 9.43. The lowest BCUT2D eigenvalue weighted by Gasteiger charge is -2.41. The minimum absolute atomic E-state index is 0.0639. The van der Waals surface area contributed by atoms with Gasteiger partial charge in [0.15, 0.2) is 5.82 Å². The molecule has 0 bridgehead atoms. The van der Waals surface area contributed by atoms with E-state index < -0.39 is 0 Å². The average Bonchev–Trinajstić information content (AvgIpc) is 3.42.